The first-order valence-electron chi connectivity index (χ1n) is 6.83. The molecule has 0 amide bonds. The van der Waals surface area contributed by atoms with Crippen molar-refractivity contribution in [3.63, 3.8) is 0 Å². The van der Waals surface area contributed by atoms with Gasteiger partial charge in [0, 0.05) is 19.3 Å². The highest BCUT2D eigenvalue weighted by molar-refractivity contribution is 6.10. The predicted molar refractivity (Wildman–Crippen MR) is 70.3 cm³/mol. The number of carbonyl (C=O) groups is 3. The fourth-order valence-corrected chi connectivity index (χ4v) is 2.67. The standard InChI is InChI=1S/C15H22O3/c1-4-12(16)11-8-7-9-15(10-11,13(17)5-2)14(18)6-3/h10H,4-9H2,1-3H3. The zero-order valence-corrected chi connectivity index (χ0v) is 11.5. The number of rotatable bonds is 6. The summed E-state index contributed by atoms with van der Waals surface area (Å²) in [5, 5.41) is 0. The number of Topliss-reactive ketones (excluding diaryl/α,β-unsaturated/α-hetero) is 3. The van der Waals surface area contributed by atoms with Crippen LogP contribution < -0.4 is 0 Å². The van der Waals surface area contributed by atoms with E-state index in [-0.39, 0.29) is 17.3 Å². The highest BCUT2D eigenvalue weighted by Crippen LogP contribution is 2.38. The lowest BCUT2D eigenvalue weighted by Gasteiger charge is -2.31. The Morgan fingerprint density at radius 2 is 1.61 bits per heavy atom. The van der Waals surface area contributed by atoms with E-state index in [9.17, 15) is 14.4 Å². The molecule has 0 aliphatic heterocycles. The molecule has 0 unspecified atom stereocenters. The molecule has 1 aliphatic carbocycles. The molecular weight excluding hydrogens is 228 g/mol. The van der Waals surface area contributed by atoms with Gasteiger partial charge in [-0.15, -0.1) is 0 Å². The van der Waals surface area contributed by atoms with Gasteiger partial charge in [0.25, 0.3) is 0 Å². The molecule has 0 fully saturated rings. The predicted octanol–water partition coefficient (Wildman–Crippen LogP) is 3.02. The molecule has 0 saturated carbocycles. The lowest BCUT2D eigenvalue weighted by atomic mass is 9.68. The number of hydrogen-bond donors (Lipinski definition) is 0. The summed E-state index contributed by atoms with van der Waals surface area (Å²) in [7, 11) is 0. The van der Waals surface area contributed by atoms with Gasteiger partial charge < -0.3 is 0 Å². The molecule has 0 saturated heterocycles. The first-order chi connectivity index (χ1) is 8.51. The summed E-state index contributed by atoms with van der Waals surface area (Å²) in [5.74, 6) is -0.0298. The molecule has 1 aliphatic rings. The van der Waals surface area contributed by atoms with Crippen molar-refractivity contribution in [2.24, 2.45) is 5.41 Å². The maximum atomic E-state index is 12.2. The topological polar surface area (TPSA) is 51.2 Å². The molecule has 0 bridgehead atoms. The third-order valence-electron chi connectivity index (χ3n) is 3.75. The minimum atomic E-state index is -1.01. The fraction of sp³-hybridized carbons (Fsp3) is 0.667. The minimum absolute atomic E-state index is 0.0459. The number of ketones is 3. The average molecular weight is 250 g/mol. The lowest BCUT2D eigenvalue weighted by molar-refractivity contribution is -0.138. The Bertz CT molecular complexity index is 375. The van der Waals surface area contributed by atoms with E-state index in [4.69, 9.17) is 0 Å². The smallest absolute Gasteiger partial charge is 0.158 e. The van der Waals surface area contributed by atoms with Gasteiger partial charge >= 0.3 is 0 Å². The van der Waals surface area contributed by atoms with Gasteiger partial charge in [-0.2, -0.15) is 0 Å². The van der Waals surface area contributed by atoms with E-state index in [2.05, 4.69) is 0 Å². The van der Waals surface area contributed by atoms with Gasteiger partial charge in [-0.3, -0.25) is 14.4 Å². The molecule has 100 valence electrons. The summed E-state index contributed by atoms with van der Waals surface area (Å²) in [4.78, 5) is 36.1. The second-order valence-electron chi connectivity index (χ2n) is 4.82. The zero-order chi connectivity index (χ0) is 13.8. The summed E-state index contributed by atoms with van der Waals surface area (Å²) >= 11 is 0. The molecule has 1 rings (SSSR count). The quantitative estimate of drug-likeness (QED) is 0.681. The molecule has 0 aromatic heterocycles. The van der Waals surface area contributed by atoms with E-state index in [1.807, 2.05) is 6.92 Å². The average Bonchev–Trinajstić information content (AvgIpc) is 2.44. The SMILES string of the molecule is CCC(=O)C1=CC(C(=O)CC)(C(=O)CC)CCC1. The Morgan fingerprint density at radius 3 is 2.06 bits per heavy atom. The van der Waals surface area contributed by atoms with Crippen LogP contribution in [0.2, 0.25) is 0 Å². The number of carbonyl (C=O) groups excluding carboxylic acids is 3. The highest BCUT2D eigenvalue weighted by Gasteiger charge is 2.43. The van der Waals surface area contributed by atoms with Crippen molar-refractivity contribution in [3.05, 3.63) is 11.6 Å². The monoisotopic (exact) mass is 250 g/mol. The third-order valence-corrected chi connectivity index (χ3v) is 3.75. The van der Waals surface area contributed by atoms with Gasteiger partial charge in [0.2, 0.25) is 0 Å². The Balaban J connectivity index is 3.22. The van der Waals surface area contributed by atoms with Crippen LogP contribution in [0, 0.1) is 5.41 Å². The second-order valence-corrected chi connectivity index (χ2v) is 4.82. The van der Waals surface area contributed by atoms with Crippen molar-refractivity contribution in [1.29, 1.82) is 0 Å². The molecule has 0 spiro atoms. The molecule has 3 heteroatoms. The van der Waals surface area contributed by atoms with Gasteiger partial charge in [-0.1, -0.05) is 26.8 Å². The molecule has 0 N–H and O–H groups in total. The third kappa shape index (κ3) is 2.60. The normalized spacial score (nSPS) is 18.1. The Labute approximate surface area is 109 Å². The largest absolute Gasteiger partial charge is 0.298 e. The Kier molecular flexibility index (Phi) is 5.00. The molecule has 3 nitrogen and oxygen atoms in total. The fourth-order valence-electron chi connectivity index (χ4n) is 2.67. The summed E-state index contributed by atoms with van der Waals surface area (Å²) in [6.07, 6.45) is 4.80. The van der Waals surface area contributed by atoms with E-state index in [0.29, 0.717) is 37.7 Å². The van der Waals surface area contributed by atoms with Crippen molar-refractivity contribution in [2.45, 2.75) is 59.3 Å². The van der Waals surface area contributed by atoms with E-state index >= 15 is 0 Å². The van der Waals surface area contributed by atoms with Crippen LogP contribution >= 0.6 is 0 Å². The van der Waals surface area contributed by atoms with Crippen molar-refractivity contribution in [3.8, 4) is 0 Å². The Hall–Kier alpha value is -1.25. The number of allylic oxidation sites excluding steroid dienone is 2. The Morgan fingerprint density at radius 1 is 1.06 bits per heavy atom. The van der Waals surface area contributed by atoms with Crippen LogP contribution in [0.1, 0.15) is 59.3 Å². The van der Waals surface area contributed by atoms with Crippen molar-refractivity contribution < 1.29 is 14.4 Å². The molecule has 0 radical (unpaired) electrons. The van der Waals surface area contributed by atoms with Crippen LogP contribution in [0.5, 0.6) is 0 Å². The highest BCUT2D eigenvalue weighted by atomic mass is 16.2. The van der Waals surface area contributed by atoms with Crippen molar-refractivity contribution >= 4 is 17.3 Å². The molecule has 0 aromatic rings. The van der Waals surface area contributed by atoms with Crippen LogP contribution in [0.15, 0.2) is 11.6 Å². The van der Waals surface area contributed by atoms with E-state index in [0.717, 1.165) is 6.42 Å². The van der Waals surface area contributed by atoms with Gasteiger partial charge in [-0.25, -0.2) is 0 Å². The van der Waals surface area contributed by atoms with Crippen LogP contribution in [-0.2, 0) is 14.4 Å². The second kappa shape index (κ2) is 6.07. The van der Waals surface area contributed by atoms with Crippen LogP contribution in [0.3, 0.4) is 0 Å². The minimum Gasteiger partial charge on any atom is -0.298 e. The lowest BCUT2D eigenvalue weighted by Crippen LogP contribution is -2.39. The van der Waals surface area contributed by atoms with Crippen LogP contribution in [0.4, 0.5) is 0 Å². The summed E-state index contributed by atoms with van der Waals surface area (Å²) in [6.45, 7) is 5.36. The van der Waals surface area contributed by atoms with Gasteiger partial charge in [0.1, 0.15) is 17.0 Å². The van der Waals surface area contributed by atoms with Gasteiger partial charge in [0.05, 0.1) is 0 Å². The molecular formula is C15H22O3. The first-order valence-corrected chi connectivity index (χ1v) is 6.83. The van der Waals surface area contributed by atoms with E-state index in [1.165, 1.54) is 0 Å². The molecule has 18 heavy (non-hydrogen) atoms. The van der Waals surface area contributed by atoms with Crippen LogP contribution in [0.25, 0.3) is 0 Å². The van der Waals surface area contributed by atoms with E-state index < -0.39 is 5.41 Å². The van der Waals surface area contributed by atoms with Gasteiger partial charge in [-0.05, 0) is 24.8 Å². The first kappa shape index (κ1) is 14.8. The summed E-state index contributed by atoms with van der Waals surface area (Å²) in [5.41, 5.74) is -0.339. The van der Waals surface area contributed by atoms with Crippen LogP contribution in [-0.4, -0.2) is 17.3 Å². The van der Waals surface area contributed by atoms with E-state index in [1.54, 1.807) is 19.9 Å². The zero-order valence-electron chi connectivity index (χ0n) is 11.5. The number of hydrogen-bond acceptors (Lipinski definition) is 3. The molecule has 0 aromatic carbocycles. The maximum absolute atomic E-state index is 12.2. The van der Waals surface area contributed by atoms with Crippen molar-refractivity contribution in [1.82, 2.24) is 0 Å². The molecule has 0 heterocycles. The molecule has 0 atom stereocenters. The summed E-state index contributed by atoms with van der Waals surface area (Å²) in [6, 6.07) is 0. The van der Waals surface area contributed by atoms with Crippen molar-refractivity contribution in [2.75, 3.05) is 0 Å². The van der Waals surface area contributed by atoms with Gasteiger partial charge in [0.15, 0.2) is 5.78 Å². The summed E-state index contributed by atoms with van der Waals surface area (Å²) < 4.78 is 0. The maximum Gasteiger partial charge on any atom is 0.158 e.